The van der Waals surface area contributed by atoms with Crippen LogP contribution in [0.3, 0.4) is 0 Å². The molecule has 0 spiro atoms. The molecule has 0 aromatic heterocycles. The molecular formula is C16H9F3O3. The summed E-state index contributed by atoms with van der Waals surface area (Å²) < 4.78 is 45.4. The van der Waals surface area contributed by atoms with Crippen LogP contribution in [-0.4, -0.2) is 12.1 Å². The number of rotatable bonds is 2. The standard InChI is InChI=1S/C16H9F3O3/c17-16(18,19)22-11-7-5-10(6-8-11)9-14-15(20)12-3-1-2-4-13(12)21-14/h1-9H. The zero-order valence-corrected chi connectivity index (χ0v) is 11.1. The Morgan fingerprint density at radius 1 is 1.00 bits per heavy atom. The van der Waals surface area contributed by atoms with Crippen molar-refractivity contribution in [2.24, 2.45) is 0 Å². The topological polar surface area (TPSA) is 35.5 Å². The van der Waals surface area contributed by atoms with E-state index in [1.807, 2.05) is 0 Å². The zero-order valence-electron chi connectivity index (χ0n) is 11.1. The Bertz CT molecular complexity index is 746. The van der Waals surface area contributed by atoms with Crippen molar-refractivity contribution in [3.8, 4) is 11.5 Å². The van der Waals surface area contributed by atoms with Crippen molar-refractivity contribution in [2.45, 2.75) is 6.36 Å². The summed E-state index contributed by atoms with van der Waals surface area (Å²) in [6.07, 6.45) is -3.26. The molecule has 112 valence electrons. The van der Waals surface area contributed by atoms with E-state index in [0.717, 1.165) is 0 Å². The molecule has 2 aromatic carbocycles. The van der Waals surface area contributed by atoms with Crippen LogP contribution in [0, 0.1) is 0 Å². The molecule has 0 N–H and O–H groups in total. The molecule has 2 aromatic rings. The highest BCUT2D eigenvalue weighted by atomic mass is 19.4. The summed E-state index contributed by atoms with van der Waals surface area (Å²) in [6, 6.07) is 12.0. The Balaban J connectivity index is 1.81. The molecule has 0 aliphatic carbocycles. The lowest BCUT2D eigenvalue weighted by atomic mass is 10.1. The van der Waals surface area contributed by atoms with E-state index in [1.54, 1.807) is 24.3 Å². The number of carbonyl (C=O) groups excluding carboxylic acids is 1. The number of benzene rings is 2. The van der Waals surface area contributed by atoms with Gasteiger partial charge >= 0.3 is 6.36 Å². The van der Waals surface area contributed by atoms with Gasteiger partial charge in [0.05, 0.1) is 5.56 Å². The van der Waals surface area contributed by atoms with Crippen LogP contribution in [0.4, 0.5) is 13.2 Å². The minimum absolute atomic E-state index is 0.130. The van der Waals surface area contributed by atoms with Crippen LogP contribution in [-0.2, 0) is 0 Å². The van der Waals surface area contributed by atoms with Crippen LogP contribution in [0.25, 0.3) is 6.08 Å². The van der Waals surface area contributed by atoms with Crippen molar-refractivity contribution in [1.82, 2.24) is 0 Å². The second-order valence-corrected chi connectivity index (χ2v) is 4.55. The first-order chi connectivity index (χ1) is 10.4. The molecule has 6 heteroatoms. The van der Waals surface area contributed by atoms with Crippen LogP contribution in [0.5, 0.6) is 11.5 Å². The number of ether oxygens (including phenoxy) is 2. The maximum Gasteiger partial charge on any atom is 0.573 e. The second kappa shape index (κ2) is 5.22. The van der Waals surface area contributed by atoms with Gasteiger partial charge in [0.2, 0.25) is 5.78 Å². The van der Waals surface area contributed by atoms with Crippen molar-refractivity contribution in [1.29, 1.82) is 0 Å². The van der Waals surface area contributed by atoms with Crippen molar-refractivity contribution in [3.63, 3.8) is 0 Å². The number of alkyl halides is 3. The highest BCUT2D eigenvalue weighted by molar-refractivity contribution is 6.14. The number of para-hydroxylation sites is 1. The van der Waals surface area contributed by atoms with E-state index >= 15 is 0 Å². The lowest BCUT2D eigenvalue weighted by molar-refractivity contribution is -0.274. The van der Waals surface area contributed by atoms with Crippen molar-refractivity contribution >= 4 is 11.9 Å². The SMILES string of the molecule is O=C1C(=Cc2ccc(OC(F)(F)F)cc2)Oc2ccccc21. The summed E-state index contributed by atoms with van der Waals surface area (Å²) in [7, 11) is 0. The van der Waals surface area contributed by atoms with E-state index in [1.165, 1.54) is 30.3 Å². The van der Waals surface area contributed by atoms with Gasteiger partial charge in [-0.1, -0.05) is 24.3 Å². The summed E-state index contributed by atoms with van der Waals surface area (Å²) in [4.78, 5) is 12.1. The van der Waals surface area contributed by atoms with Crippen LogP contribution in [0.2, 0.25) is 0 Å². The maximum absolute atomic E-state index is 12.1. The van der Waals surface area contributed by atoms with E-state index in [-0.39, 0.29) is 17.3 Å². The Labute approximate surface area is 123 Å². The lowest BCUT2D eigenvalue weighted by Gasteiger charge is -2.08. The molecule has 0 atom stereocenters. The number of allylic oxidation sites excluding steroid dienone is 1. The first-order valence-corrected chi connectivity index (χ1v) is 6.31. The number of fused-ring (bicyclic) bond motifs is 1. The van der Waals surface area contributed by atoms with Crippen LogP contribution >= 0.6 is 0 Å². The van der Waals surface area contributed by atoms with Crippen molar-refractivity contribution in [2.75, 3.05) is 0 Å². The molecule has 0 saturated heterocycles. The van der Waals surface area contributed by atoms with E-state index in [4.69, 9.17) is 4.74 Å². The first kappa shape index (κ1) is 14.2. The monoisotopic (exact) mass is 306 g/mol. The van der Waals surface area contributed by atoms with Crippen LogP contribution in [0.15, 0.2) is 54.3 Å². The number of halogens is 3. The number of Topliss-reactive ketones (excluding diaryl/α,β-unsaturated/α-hetero) is 1. The number of carbonyl (C=O) groups is 1. The second-order valence-electron chi connectivity index (χ2n) is 4.55. The third-order valence-corrected chi connectivity index (χ3v) is 2.99. The van der Waals surface area contributed by atoms with Crippen LogP contribution < -0.4 is 9.47 Å². The average Bonchev–Trinajstić information content (AvgIpc) is 2.77. The molecule has 0 unspecified atom stereocenters. The molecule has 0 amide bonds. The summed E-state index contributed by atoms with van der Waals surface area (Å²) in [5.41, 5.74) is 0.997. The van der Waals surface area contributed by atoms with Gasteiger partial charge in [0.25, 0.3) is 0 Å². The predicted molar refractivity (Wildman–Crippen MR) is 72.5 cm³/mol. The fourth-order valence-electron chi connectivity index (χ4n) is 2.05. The highest BCUT2D eigenvalue weighted by Gasteiger charge is 2.31. The van der Waals surface area contributed by atoms with E-state index in [2.05, 4.69) is 4.74 Å². The smallest absolute Gasteiger partial charge is 0.452 e. The normalized spacial score (nSPS) is 15.6. The molecule has 22 heavy (non-hydrogen) atoms. The third-order valence-electron chi connectivity index (χ3n) is 2.99. The number of hydrogen-bond donors (Lipinski definition) is 0. The highest BCUT2D eigenvalue weighted by Crippen LogP contribution is 2.31. The predicted octanol–water partition coefficient (Wildman–Crippen LogP) is 4.20. The molecule has 3 rings (SSSR count). The maximum atomic E-state index is 12.1. The summed E-state index contributed by atoms with van der Waals surface area (Å²) in [5.74, 6) is 0.0179. The molecule has 0 bridgehead atoms. The molecule has 1 heterocycles. The van der Waals surface area contributed by atoms with Gasteiger partial charge in [-0.05, 0) is 35.9 Å². The number of hydrogen-bond acceptors (Lipinski definition) is 3. The van der Waals surface area contributed by atoms with Gasteiger partial charge in [-0.3, -0.25) is 4.79 Å². The van der Waals surface area contributed by atoms with Gasteiger partial charge in [0.15, 0.2) is 5.76 Å². The van der Waals surface area contributed by atoms with Gasteiger partial charge < -0.3 is 9.47 Å². The largest absolute Gasteiger partial charge is 0.573 e. The fourth-order valence-corrected chi connectivity index (χ4v) is 2.05. The average molecular weight is 306 g/mol. The molecule has 0 fully saturated rings. The minimum Gasteiger partial charge on any atom is -0.452 e. The lowest BCUT2D eigenvalue weighted by Crippen LogP contribution is -2.16. The van der Waals surface area contributed by atoms with Gasteiger partial charge in [-0.15, -0.1) is 13.2 Å². The molecule has 1 aliphatic rings. The Hall–Kier alpha value is -2.76. The van der Waals surface area contributed by atoms with Crippen LogP contribution in [0.1, 0.15) is 15.9 Å². The summed E-state index contributed by atoms with van der Waals surface area (Å²) in [6.45, 7) is 0. The van der Waals surface area contributed by atoms with Crippen molar-refractivity contribution in [3.05, 3.63) is 65.4 Å². The molecule has 3 nitrogen and oxygen atoms in total. The summed E-state index contributed by atoms with van der Waals surface area (Å²) in [5, 5.41) is 0. The van der Waals surface area contributed by atoms with E-state index < -0.39 is 6.36 Å². The zero-order chi connectivity index (χ0) is 15.7. The Kier molecular flexibility index (Phi) is 3.36. The van der Waals surface area contributed by atoms with Crippen molar-refractivity contribution < 1.29 is 27.4 Å². The fraction of sp³-hybridized carbons (Fsp3) is 0.0625. The Morgan fingerprint density at radius 2 is 1.68 bits per heavy atom. The molecule has 0 saturated carbocycles. The van der Waals surface area contributed by atoms with E-state index in [0.29, 0.717) is 16.9 Å². The summed E-state index contributed by atoms with van der Waals surface area (Å²) >= 11 is 0. The minimum atomic E-state index is -4.73. The molecule has 0 radical (unpaired) electrons. The van der Waals surface area contributed by atoms with Gasteiger partial charge in [0.1, 0.15) is 11.5 Å². The Morgan fingerprint density at radius 3 is 2.32 bits per heavy atom. The first-order valence-electron chi connectivity index (χ1n) is 6.31. The molecule has 1 aliphatic heterocycles. The number of ketones is 1. The van der Waals surface area contributed by atoms with Gasteiger partial charge in [0, 0.05) is 0 Å². The van der Waals surface area contributed by atoms with Gasteiger partial charge in [-0.2, -0.15) is 0 Å². The third kappa shape index (κ3) is 2.95. The van der Waals surface area contributed by atoms with Gasteiger partial charge in [-0.25, -0.2) is 0 Å². The quantitative estimate of drug-likeness (QED) is 0.780. The van der Waals surface area contributed by atoms with E-state index in [9.17, 15) is 18.0 Å². The molecular weight excluding hydrogens is 297 g/mol.